The van der Waals surface area contributed by atoms with Gasteiger partial charge in [-0.05, 0) is 20.5 Å². The van der Waals surface area contributed by atoms with Crippen molar-refractivity contribution in [2.45, 2.75) is 19.5 Å². The Hall–Kier alpha value is -1.36. The maximum atomic E-state index is 10.2. The first-order chi connectivity index (χ1) is 6.70. The molecule has 0 aliphatic rings. The Kier molecular flexibility index (Phi) is 3.64. The summed E-state index contributed by atoms with van der Waals surface area (Å²) in [5.41, 5.74) is 0. The van der Waals surface area contributed by atoms with Gasteiger partial charge in [0.1, 0.15) is 0 Å². The third kappa shape index (κ3) is 2.11. The van der Waals surface area contributed by atoms with Crippen LogP contribution in [-0.4, -0.2) is 35.0 Å². The van der Waals surface area contributed by atoms with Gasteiger partial charge in [0.25, 0.3) is 0 Å². The fourth-order valence-electron chi connectivity index (χ4n) is 1.47. The molecule has 14 heavy (non-hydrogen) atoms. The Morgan fingerprint density at radius 1 is 1.71 bits per heavy atom. The SMILES string of the molecule is CCC(N(C)C)n1ccnc1OC=O. The molecule has 5 nitrogen and oxygen atoms in total. The van der Waals surface area contributed by atoms with E-state index in [4.69, 9.17) is 4.74 Å². The second-order valence-corrected chi connectivity index (χ2v) is 3.18. The zero-order chi connectivity index (χ0) is 10.6. The number of hydrogen-bond acceptors (Lipinski definition) is 4. The van der Waals surface area contributed by atoms with E-state index in [1.165, 1.54) is 0 Å². The van der Waals surface area contributed by atoms with Crippen LogP contribution in [0.2, 0.25) is 0 Å². The number of aromatic nitrogens is 2. The monoisotopic (exact) mass is 197 g/mol. The van der Waals surface area contributed by atoms with E-state index in [-0.39, 0.29) is 6.17 Å². The first kappa shape index (κ1) is 10.7. The molecule has 0 saturated heterocycles. The Balaban J connectivity index is 2.91. The van der Waals surface area contributed by atoms with E-state index in [1.54, 1.807) is 12.4 Å². The summed E-state index contributed by atoms with van der Waals surface area (Å²) >= 11 is 0. The van der Waals surface area contributed by atoms with Crippen LogP contribution in [0.15, 0.2) is 12.4 Å². The molecule has 0 spiro atoms. The van der Waals surface area contributed by atoms with Crippen LogP contribution in [0.4, 0.5) is 0 Å². The first-order valence-electron chi connectivity index (χ1n) is 4.50. The third-order valence-electron chi connectivity index (χ3n) is 2.07. The molecule has 0 fully saturated rings. The highest BCUT2D eigenvalue weighted by Gasteiger charge is 2.15. The quantitative estimate of drug-likeness (QED) is 0.658. The molecule has 0 aliphatic heterocycles. The van der Waals surface area contributed by atoms with Gasteiger partial charge >= 0.3 is 12.5 Å². The van der Waals surface area contributed by atoms with Crippen LogP contribution in [0.25, 0.3) is 0 Å². The maximum Gasteiger partial charge on any atom is 0.305 e. The van der Waals surface area contributed by atoms with Crippen molar-refractivity contribution < 1.29 is 9.53 Å². The summed E-state index contributed by atoms with van der Waals surface area (Å²) < 4.78 is 6.58. The second-order valence-electron chi connectivity index (χ2n) is 3.18. The Morgan fingerprint density at radius 2 is 2.43 bits per heavy atom. The van der Waals surface area contributed by atoms with E-state index in [9.17, 15) is 4.79 Å². The molecule has 78 valence electrons. The summed E-state index contributed by atoms with van der Waals surface area (Å²) in [6.07, 6.45) is 4.49. The van der Waals surface area contributed by atoms with E-state index in [0.29, 0.717) is 12.5 Å². The zero-order valence-corrected chi connectivity index (χ0v) is 8.67. The van der Waals surface area contributed by atoms with Crippen LogP contribution in [0.5, 0.6) is 6.01 Å². The molecule has 1 unspecified atom stereocenters. The highest BCUT2D eigenvalue weighted by atomic mass is 16.5. The normalized spacial score (nSPS) is 12.9. The Bertz CT molecular complexity index is 296. The van der Waals surface area contributed by atoms with Crippen LogP contribution in [-0.2, 0) is 4.79 Å². The zero-order valence-electron chi connectivity index (χ0n) is 8.67. The molecule has 1 rings (SSSR count). The van der Waals surface area contributed by atoms with Gasteiger partial charge in [0.15, 0.2) is 0 Å². The van der Waals surface area contributed by atoms with Gasteiger partial charge in [-0.1, -0.05) is 6.92 Å². The average Bonchev–Trinajstić information content (AvgIpc) is 2.55. The molecule has 0 aromatic carbocycles. The van der Waals surface area contributed by atoms with E-state index in [2.05, 4.69) is 11.9 Å². The molecule has 0 amide bonds. The molecule has 1 atom stereocenters. The molecule has 0 aliphatic carbocycles. The van der Waals surface area contributed by atoms with Gasteiger partial charge in [-0.3, -0.25) is 14.3 Å². The summed E-state index contributed by atoms with van der Waals surface area (Å²) in [5, 5.41) is 0. The minimum atomic E-state index is 0.160. The number of rotatable bonds is 5. The van der Waals surface area contributed by atoms with Gasteiger partial charge in [0, 0.05) is 12.4 Å². The fourth-order valence-corrected chi connectivity index (χ4v) is 1.47. The van der Waals surface area contributed by atoms with Crippen molar-refractivity contribution in [3.8, 4) is 6.01 Å². The largest absolute Gasteiger partial charge is 0.394 e. The highest BCUT2D eigenvalue weighted by Crippen LogP contribution is 2.19. The standard InChI is InChI=1S/C9H15N3O2/c1-4-8(11(2)3)12-6-5-10-9(12)14-7-13/h5-8H,4H2,1-3H3. The highest BCUT2D eigenvalue weighted by molar-refractivity contribution is 5.41. The van der Waals surface area contributed by atoms with Crippen molar-refractivity contribution in [1.29, 1.82) is 0 Å². The summed E-state index contributed by atoms with van der Waals surface area (Å²) in [6, 6.07) is 0.334. The lowest BCUT2D eigenvalue weighted by Crippen LogP contribution is -2.25. The minimum Gasteiger partial charge on any atom is -0.394 e. The summed E-state index contributed by atoms with van der Waals surface area (Å²) in [7, 11) is 3.94. The minimum absolute atomic E-state index is 0.160. The van der Waals surface area contributed by atoms with Crippen LogP contribution in [0.3, 0.4) is 0 Å². The predicted octanol–water partition coefficient (Wildman–Crippen LogP) is 0.889. The van der Waals surface area contributed by atoms with Gasteiger partial charge in [-0.25, -0.2) is 4.98 Å². The lowest BCUT2D eigenvalue weighted by Gasteiger charge is -2.24. The van der Waals surface area contributed by atoms with Crippen molar-refractivity contribution in [2.24, 2.45) is 0 Å². The molecule has 1 aromatic heterocycles. The van der Waals surface area contributed by atoms with Gasteiger partial charge in [-0.15, -0.1) is 0 Å². The van der Waals surface area contributed by atoms with Crippen molar-refractivity contribution in [3.63, 3.8) is 0 Å². The predicted molar refractivity (Wildman–Crippen MR) is 51.9 cm³/mol. The molecule has 0 N–H and O–H groups in total. The molecular formula is C9H15N3O2. The number of imidazole rings is 1. The van der Waals surface area contributed by atoms with Gasteiger partial charge in [0.2, 0.25) is 0 Å². The van der Waals surface area contributed by atoms with Crippen LogP contribution in [0.1, 0.15) is 19.5 Å². The van der Waals surface area contributed by atoms with Crippen molar-refractivity contribution in [1.82, 2.24) is 14.5 Å². The van der Waals surface area contributed by atoms with E-state index >= 15 is 0 Å². The van der Waals surface area contributed by atoms with E-state index in [0.717, 1.165) is 6.42 Å². The maximum absolute atomic E-state index is 10.2. The summed E-state index contributed by atoms with van der Waals surface area (Å²) in [5.74, 6) is 0. The van der Waals surface area contributed by atoms with Crippen LogP contribution in [0, 0.1) is 0 Å². The summed E-state index contributed by atoms with van der Waals surface area (Å²) in [6.45, 7) is 2.45. The number of nitrogens with zero attached hydrogens (tertiary/aromatic N) is 3. The van der Waals surface area contributed by atoms with Crippen LogP contribution < -0.4 is 4.74 Å². The number of hydrogen-bond donors (Lipinski definition) is 0. The second kappa shape index (κ2) is 4.76. The number of carbonyl (C=O) groups excluding carboxylic acids is 1. The number of carbonyl (C=O) groups is 1. The lowest BCUT2D eigenvalue weighted by molar-refractivity contribution is -0.121. The Morgan fingerprint density at radius 3 is 2.93 bits per heavy atom. The molecule has 0 bridgehead atoms. The smallest absolute Gasteiger partial charge is 0.305 e. The molecule has 0 saturated carbocycles. The van der Waals surface area contributed by atoms with Crippen molar-refractivity contribution in [3.05, 3.63) is 12.4 Å². The van der Waals surface area contributed by atoms with E-state index in [1.807, 2.05) is 23.6 Å². The van der Waals surface area contributed by atoms with Crippen molar-refractivity contribution >= 4 is 6.47 Å². The van der Waals surface area contributed by atoms with Crippen molar-refractivity contribution in [2.75, 3.05) is 14.1 Å². The summed E-state index contributed by atoms with van der Waals surface area (Å²) in [4.78, 5) is 16.2. The van der Waals surface area contributed by atoms with Gasteiger partial charge in [-0.2, -0.15) is 0 Å². The Labute approximate surface area is 83.3 Å². The molecule has 1 heterocycles. The molecular weight excluding hydrogens is 182 g/mol. The topological polar surface area (TPSA) is 47.4 Å². The number of ether oxygens (including phenoxy) is 1. The average molecular weight is 197 g/mol. The lowest BCUT2D eigenvalue weighted by atomic mass is 10.3. The van der Waals surface area contributed by atoms with Crippen LogP contribution >= 0.6 is 0 Å². The fraction of sp³-hybridized carbons (Fsp3) is 0.556. The third-order valence-corrected chi connectivity index (χ3v) is 2.07. The first-order valence-corrected chi connectivity index (χ1v) is 4.50. The molecule has 5 heteroatoms. The molecule has 0 radical (unpaired) electrons. The van der Waals surface area contributed by atoms with E-state index < -0.39 is 0 Å². The van der Waals surface area contributed by atoms with Gasteiger partial charge in [0.05, 0.1) is 6.17 Å². The van der Waals surface area contributed by atoms with Gasteiger partial charge < -0.3 is 4.74 Å². The molecule has 1 aromatic rings.